The third kappa shape index (κ3) is 3.94. The molecule has 0 N–H and O–H groups in total. The molecule has 1 heterocycles. The molecule has 1 aromatic heterocycles. The molecule has 2 rings (SSSR count). The van der Waals surface area contributed by atoms with Gasteiger partial charge in [-0.1, -0.05) is 30.3 Å². The fourth-order valence-corrected chi connectivity index (χ4v) is 2.34. The van der Waals surface area contributed by atoms with Gasteiger partial charge >= 0.3 is 0 Å². The van der Waals surface area contributed by atoms with Crippen molar-refractivity contribution in [2.75, 3.05) is 29.4 Å². The number of hydrogen-bond acceptors (Lipinski definition) is 4. The minimum atomic E-state index is 0.797. The minimum Gasteiger partial charge on any atom is -0.357 e. The molecule has 4 nitrogen and oxygen atoms in total. The summed E-state index contributed by atoms with van der Waals surface area (Å²) in [6.45, 7) is 10.1. The molecule has 21 heavy (non-hydrogen) atoms. The van der Waals surface area contributed by atoms with Gasteiger partial charge in [0.1, 0.15) is 5.82 Å². The smallest absolute Gasteiger partial charge is 0.227 e. The topological polar surface area (TPSA) is 32.3 Å². The van der Waals surface area contributed by atoms with Gasteiger partial charge in [-0.25, -0.2) is 4.98 Å². The van der Waals surface area contributed by atoms with E-state index in [1.54, 1.807) is 0 Å². The Morgan fingerprint density at radius 3 is 2.14 bits per heavy atom. The zero-order valence-corrected chi connectivity index (χ0v) is 13.2. The lowest BCUT2D eigenvalue weighted by Crippen LogP contribution is -2.27. The Hall–Kier alpha value is -2.10. The standard InChI is InChI=1S/C17H24N4/c1-4-20(5-2)16-12-13-18-17(19-16)21(6-3)14-15-10-8-7-9-11-15/h7-13H,4-6,14H2,1-3H3. The van der Waals surface area contributed by atoms with Crippen LogP contribution in [-0.2, 0) is 6.54 Å². The summed E-state index contributed by atoms with van der Waals surface area (Å²) in [5.41, 5.74) is 1.27. The van der Waals surface area contributed by atoms with Crippen molar-refractivity contribution in [3.63, 3.8) is 0 Å². The fraction of sp³-hybridized carbons (Fsp3) is 0.412. The Balaban J connectivity index is 2.20. The summed E-state index contributed by atoms with van der Waals surface area (Å²) >= 11 is 0. The SMILES string of the molecule is CCN(CC)c1ccnc(N(CC)Cc2ccccc2)n1. The second-order valence-corrected chi connectivity index (χ2v) is 4.89. The van der Waals surface area contributed by atoms with E-state index < -0.39 is 0 Å². The molecule has 1 aromatic carbocycles. The third-order valence-corrected chi connectivity index (χ3v) is 3.60. The van der Waals surface area contributed by atoms with Crippen molar-refractivity contribution in [2.24, 2.45) is 0 Å². The highest BCUT2D eigenvalue weighted by molar-refractivity contribution is 5.44. The molecule has 0 bridgehead atoms. The van der Waals surface area contributed by atoms with E-state index in [0.29, 0.717) is 0 Å². The first-order valence-corrected chi connectivity index (χ1v) is 7.65. The molecule has 0 radical (unpaired) electrons. The number of nitrogens with zero attached hydrogens (tertiary/aromatic N) is 4. The van der Waals surface area contributed by atoms with Crippen LogP contribution in [-0.4, -0.2) is 29.6 Å². The molecule has 0 aliphatic carbocycles. The maximum absolute atomic E-state index is 4.72. The van der Waals surface area contributed by atoms with Crippen LogP contribution in [0.2, 0.25) is 0 Å². The summed E-state index contributed by atoms with van der Waals surface area (Å²) in [5, 5.41) is 0. The Morgan fingerprint density at radius 1 is 0.857 bits per heavy atom. The predicted octanol–water partition coefficient (Wildman–Crippen LogP) is 3.35. The van der Waals surface area contributed by atoms with Gasteiger partial charge < -0.3 is 9.80 Å². The van der Waals surface area contributed by atoms with Gasteiger partial charge in [0.2, 0.25) is 5.95 Å². The van der Waals surface area contributed by atoms with Crippen LogP contribution < -0.4 is 9.80 Å². The minimum absolute atomic E-state index is 0.797. The van der Waals surface area contributed by atoms with Crippen LogP contribution in [0.3, 0.4) is 0 Å². The molecule has 0 aliphatic heterocycles. The van der Waals surface area contributed by atoms with E-state index >= 15 is 0 Å². The van der Waals surface area contributed by atoms with Crippen LogP contribution in [0.25, 0.3) is 0 Å². The lowest BCUT2D eigenvalue weighted by molar-refractivity contribution is 0.778. The third-order valence-electron chi connectivity index (χ3n) is 3.60. The van der Waals surface area contributed by atoms with Crippen LogP contribution >= 0.6 is 0 Å². The first kappa shape index (κ1) is 15.3. The summed E-state index contributed by atoms with van der Waals surface area (Å²) in [6.07, 6.45) is 1.85. The highest BCUT2D eigenvalue weighted by Gasteiger charge is 2.11. The molecule has 0 saturated carbocycles. The van der Waals surface area contributed by atoms with Crippen LogP contribution in [0.1, 0.15) is 26.3 Å². The Morgan fingerprint density at radius 2 is 1.52 bits per heavy atom. The van der Waals surface area contributed by atoms with Crippen molar-refractivity contribution in [3.05, 3.63) is 48.2 Å². The van der Waals surface area contributed by atoms with E-state index in [-0.39, 0.29) is 0 Å². The molecule has 0 unspecified atom stereocenters. The zero-order valence-electron chi connectivity index (χ0n) is 13.2. The lowest BCUT2D eigenvalue weighted by Gasteiger charge is -2.24. The highest BCUT2D eigenvalue weighted by atomic mass is 15.3. The van der Waals surface area contributed by atoms with Crippen molar-refractivity contribution in [1.82, 2.24) is 9.97 Å². The number of benzene rings is 1. The Labute approximate surface area is 127 Å². The molecule has 0 aliphatic rings. The lowest BCUT2D eigenvalue weighted by atomic mass is 10.2. The molecular weight excluding hydrogens is 260 g/mol. The molecule has 2 aromatic rings. The largest absolute Gasteiger partial charge is 0.357 e. The van der Waals surface area contributed by atoms with Crippen LogP contribution in [0.4, 0.5) is 11.8 Å². The van der Waals surface area contributed by atoms with Gasteiger partial charge in [0, 0.05) is 32.4 Å². The van der Waals surface area contributed by atoms with Gasteiger partial charge in [0.15, 0.2) is 0 Å². The van der Waals surface area contributed by atoms with Gasteiger partial charge in [0.25, 0.3) is 0 Å². The number of aromatic nitrogens is 2. The zero-order chi connectivity index (χ0) is 15.1. The van der Waals surface area contributed by atoms with Crippen LogP contribution in [0.5, 0.6) is 0 Å². The normalized spacial score (nSPS) is 10.4. The number of rotatable bonds is 7. The fourth-order valence-electron chi connectivity index (χ4n) is 2.34. The molecule has 0 atom stereocenters. The van der Waals surface area contributed by atoms with Crippen LogP contribution in [0.15, 0.2) is 42.6 Å². The average molecular weight is 284 g/mol. The summed E-state index contributed by atoms with van der Waals surface area (Å²) in [5.74, 6) is 1.79. The maximum atomic E-state index is 4.72. The summed E-state index contributed by atoms with van der Waals surface area (Å²) in [4.78, 5) is 13.6. The van der Waals surface area contributed by atoms with Crippen LogP contribution in [0, 0.1) is 0 Å². The summed E-state index contributed by atoms with van der Waals surface area (Å²) < 4.78 is 0. The number of hydrogen-bond donors (Lipinski definition) is 0. The van der Waals surface area contributed by atoms with E-state index in [9.17, 15) is 0 Å². The van der Waals surface area contributed by atoms with Crippen molar-refractivity contribution in [1.29, 1.82) is 0 Å². The summed E-state index contributed by atoms with van der Waals surface area (Å²) in [6, 6.07) is 12.4. The molecular formula is C17H24N4. The molecule has 0 fully saturated rings. The number of anilines is 2. The van der Waals surface area contributed by atoms with Gasteiger partial charge in [-0.3, -0.25) is 0 Å². The molecule has 112 valence electrons. The van der Waals surface area contributed by atoms with Gasteiger partial charge in [-0.05, 0) is 32.4 Å². The molecule has 0 spiro atoms. The van der Waals surface area contributed by atoms with E-state index in [0.717, 1.165) is 37.9 Å². The Bertz CT molecular complexity index is 537. The predicted molar refractivity (Wildman–Crippen MR) is 88.8 cm³/mol. The highest BCUT2D eigenvalue weighted by Crippen LogP contribution is 2.16. The first-order valence-electron chi connectivity index (χ1n) is 7.65. The average Bonchev–Trinajstić information content (AvgIpc) is 2.55. The van der Waals surface area contributed by atoms with Crippen molar-refractivity contribution in [3.8, 4) is 0 Å². The maximum Gasteiger partial charge on any atom is 0.227 e. The van der Waals surface area contributed by atoms with E-state index in [1.165, 1.54) is 5.56 Å². The quantitative estimate of drug-likeness (QED) is 0.780. The molecule has 0 saturated heterocycles. The van der Waals surface area contributed by atoms with Crippen molar-refractivity contribution < 1.29 is 0 Å². The second-order valence-electron chi connectivity index (χ2n) is 4.89. The van der Waals surface area contributed by atoms with E-state index in [4.69, 9.17) is 4.98 Å². The van der Waals surface area contributed by atoms with Crippen molar-refractivity contribution >= 4 is 11.8 Å². The van der Waals surface area contributed by atoms with Crippen molar-refractivity contribution in [2.45, 2.75) is 27.3 Å². The monoisotopic (exact) mass is 284 g/mol. The van der Waals surface area contributed by atoms with Gasteiger partial charge in [-0.15, -0.1) is 0 Å². The van der Waals surface area contributed by atoms with Gasteiger partial charge in [-0.2, -0.15) is 4.98 Å². The first-order chi connectivity index (χ1) is 10.3. The van der Waals surface area contributed by atoms with E-state index in [2.05, 4.69) is 59.8 Å². The molecule has 0 amide bonds. The second kappa shape index (κ2) is 7.62. The Kier molecular flexibility index (Phi) is 5.55. The van der Waals surface area contributed by atoms with Gasteiger partial charge in [0.05, 0.1) is 0 Å². The molecule has 4 heteroatoms. The van der Waals surface area contributed by atoms with E-state index in [1.807, 2.05) is 18.3 Å². The summed E-state index contributed by atoms with van der Waals surface area (Å²) in [7, 11) is 0.